The molecule has 1 saturated heterocycles. The van der Waals surface area contributed by atoms with E-state index in [4.69, 9.17) is 0 Å². The Hall–Kier alpha value is -1.65. The van der Waals surface area contributed by atoms with Crippen LogP contribution in [0.5, 0.6) is 0 Å². The minimum Gasteiger partial charge on any atom is -0.324 e. The van der Waals surface area contributed by atoms with Gasteiger partial charge in [0.15, 0.2) is 0 Å². The molecule has 23 heavy (non-hydrogen) atoms. The van der Waals surface area contributed by atoms with Crippen molar-refractivity contribution < 1.29 is 4.79 Å². The summed E-state index contributed by atoms with van der Waals surface area (Å²) in [4.78, 5) is 15.0. The van der Waals surface area contributed by atoms with E-state index in [1.807, 2.05) is 43.3 Å². The lowest BCUT2D eigenvalue weighted by atomic mass is 10.1. The number of rotatable bonds is 4. The number of carbonyl (C=O) groups excluding carboxylic acids is 1. The quantitative estimate of drug-likeness (QED) is 0.864. The molecule has 1 atom stereocenters. The Morgan fingerprint density at radius 2 is 2.04 bits per heavy atom. The first-order chi connectivity index (χ1) is 11.1. The highest BCUT2D eigenvalue weighted by Gasteiger charge is 2.30. The average Bonchev–Trinajstić information content (AvgIpc) is 2.99. The van der Waals surface area contributed by atoms with E-state index in [1.165, 1.54) is 5.56 Å². The largest absolute Gasteiger partial charge is 0.324 e. The lowest BCUT2D eigenvalue weighted by Gasteiger charge is -2.24. The van der Waals surface area contributed by atoms with Crippen LogP contribution >= 0.6 is 15.9 Å². The Morgan fingerprint density at radius 3 is 2.78 bits per heavy atom. The van der Waals surface area contributed by atoms with Gasteiger partial charge in [0.2, 0.25) is 5.91 Å². The van der Waals surface area contributed by atoms with Crippen LogP contribution < -0.4 is 5.32 Å². The summed E-state index contributed by atoms with van der Waals surface area (Å²) in [7, 11) is 0. The van der Waals surface area contributed by atoms with Gasteiger partial charge in [0.05, 0.1) is 6.04 Å². The van der Waals surface area contributed by atoms with Gasteiger partial charge in [0.25, 0.3) is 0 Å². The third-order valence-corrected chi connectivity index (χ3v) is 4.83. The molecule has 1 fully saturated rings. The molecule has 0 bridgehead atoms. The van der Waals surface area contributed by atoms with Crippen LogP contribution in [0.1, 0.15) is 24.0 Å². The summed E-state index contributed by atoms with van der Waals surface area (Å²) in [6, 6.07) is 16.2. The maximum Gasteiger partial charge on any atom is 0.241 e. The Morgan fingerprint density at radius 1 is 1.26 bits per heavy atom. The minimum atomic E-state index is -0.0433. The van der Waals surface area contributed by atoms with Gasteiger partial charge in [-0.1, -0.05) is 46.3 Å². The first kappa shape index (κ1) is 16.2. The van der Waals surface area contributed by atoms with Crippen molar-refractivity contribution in [2.75, 3.05) is 11.9 Å². The van der Waals surface area contributed by atoms with Crippen molar-refractivity contribution >= 4 is 27.5 Å². The molecule has 0 saturated carbocycles. The fourth-order valence-electron chi connectivity index (χ4n) is 3.11. The normalized spacial score (nSPS) is 18.1. The first-order valence-corrected chi connectivity index (χ1v) is 8.78. The van der Waals surface area contributed by atoms with E-state index >= 15 is 0 Å². The summed E-state index contributed by atoms with van der Waals surface area (Å²) in [6.07, 6.45) is 2.00. The molecule has 3 rings (SSSR count). The van der Waals surface area contributed by atoms with Gasteiger partial charge in [0.1, 0.15) is 0 Å². The molecule has 1 N–H and O–H groups in total. The van der Waals surface area contributed by atoms with Gasteiger partial charge < -0.3 is 5.32 Å². The standard InChI is InChI=1S/C19H21BrN2O/c1-14-12-16(20)9-10-17(14)21-19(23)18-8-5-11-22(18)13-15-6-3-2-4-7-15/h2-4,6-7,9-10,12,18H,5,8,11,13H2,1H3,(H,21,23). The van der Waals surface area contributed by atoms with E-state index in [0.29, 0.717) is 0 Å². The van der Waals surface area contributed by atoms with Crippen molar-refractivity contribution in [3.05, 3.63) is 64.1 Å². The molecule has 120 valence electrons. The molecule has 4 heteroatoms. The molecule has 1 amide bonds. The van der Waals surface area contributed by atoms with Crippen molar-refractivity contribution in [3.63, 3.8) is 0 Å². The van der Waals surface area contributed by atoms with Gasteiger partial charge in [-0.25, -0.2) is 0 Å². The maximum absolute atomic E-state index is 12.7. The van der Waals surface area contributed by atoms with Crippen LogP contribution in [0.2, 0.25) is 0 Å². The molecule has 2 aromatic carbocycles. The minimum absolute atomic E-state index is 0.0433. The van der Waals surface area contributed by atoms with Crippen LogP contribution in [0, 0.1) is 6.92 Å². The zero-order valence-electron chi connectivity index (χ0n) is 13.3. The zero-order valence-corrected chi connectivity index (χ0v) is 14.8. The molecule has 2 aromatic rings. The number of aryl methyl sites for hydroxylation is 1. The summed E-state index contributed by atoms with van der Waals surface area (Å²) in [6.45, 7) is 3.82. The highest BCUT2D eigenvalue weighted by atomic mass is 79.9. The van der Waals surface area contributed by atoms with Crippen LogP contribution in [-0.2, 0) is 11.3 Å². The molecular formula is C19H21BrN2O. The van der Waals surface area contributed by atoms with Crippen molar-refractivity contribution in [1.29, 1.82) is 0 Å². The number of benzene rings is 2. The Bertz CT molecular complexity index is 687. The highest BCUT2D eigenvalue weighted by molar-refractivity contribution is 9.10. The Labute approximate surface area is 145 Å². The van der Waals surface area contributed by atoms with Crippen LogP contribution in [-0.4, -0.2) is 23.4 Å². The van der Waals surface area contributed by atoms with Crippen LogP contribution in [0.3, 0.4) is 0 Å². The van der Waals surface area contributed by atoms with Crippen molar-refractivity contribution in [2.24, 2.45) is 0 Å². The monoisotopic (exact) mass is 372 g/mol. The Balaban J connectivity index is 1.68. The van der Waals surface area contributed by atoms with E-state index in [2.05, 4.69) is 38.3 Å². The van der Waals surface area contributed by atoms with E-state index in [-0.39, 0.29) is 11.9 Å². The van der Waals surface area contributed by atoms with Gasteiger partial charge in [-0.05, 0) is 55.6 Å². The Kier molecular flexibility index (Phi) is 5.13. The lowest BCUT2D eigenvalue weighted by molar-refractivity contribution is -0.120. The number of nitrogens with zero attached hydrogens (tertiary/aromatic N) is 1. The van der Waals surface area contributed by atoms with Gasteiger partial charge >= 0.3 is 0 Å². The van der Waals surface area contributed by atoms with E-state index in [1.54, 1.807) is 0 Å². The smallest absolute Gasteiger partial charge is 0.241 e. The van der Waals surface area contributed by atoms with Crippen LogP contribution in [0.4, 0.5) is 5.69 Å². The van der Waals surface area contributed by atoms with Crippen LogP contribution in [0.25, 0.3) is 0 Å². The molecule has 0 aliphatic carbocycles. The fourth-order valence-corrected chi connectivity index (χ4v) is 3.59. The number of nitrogens with one attached hydrogen (secondary N) is 1. The molecule has 1 aliphatic rings. The van der Waals surface area contributed by atoms with E-state index in [9.17, 15) is 4.79 Å². The molecule has 1 heterocycles. The van der Waals surface area contributed by atoms with Crippen LogP contribution in [0.15, 0.2) is 53.0 Å². The number of carbonyl (C=O) groups is 1. The summed E-state index contributed by atoms with van der Waals surface area (Å²) in [5.41, 5.74) is 3.22. The third-order valence-electron chi connectivity index (χ3n) is 4.34. The lowest BCUT2D eigenvalue weighted by Crippen LogP contribution is -2.39. The second-order valence-corrected chi connectivity index (χ2v) is 6.98. The van der Waals surface area contributed by atoms with Gasteiger partial charge in [0, 0.05) is 16.7 Å². The molecule has 1 aliphatic heterocycles. The van der Waals surface area contributed by atoms with Crippen molar-refractivity contribution in [1.82, 2.24) is 4.90 Å². The summed E-state index contributed by atoms with van der Waals surface area (Å²) < 4.78 is 1.03. The number of halogens is 1. The van der Waals surface area contributed by atoms with Crippen molar-refractivity contribution in [2.45, 2.75) is 32.4 Å². The molecule has 0 spiro atoms. The third kappa shape index (κ3) is 4.01. The van der Waals surface area contributed by atoms with E-state index < -0.39 is 0 Å². The second-order valence-electron chi connectivity index (χ2n) is 6.06. The van der Waals surface area contributed by atoms with Gasteiger partial charge in [-0.15, -0.1) is 0 Å². The predicted octanol–water partition coefficient (Wildman–Crippen LogP) is 4.36. The molecule has 0 radical (unpaired) electrons. The van der Waals surface area contributed by atoms with Gasteiger partial charge in [-0.3, -0.25) is 9.69 Å². The predicted molar refractivity (Wildman–Crippen MR) is 97.4 cm³/mol. The summed E-state index contributed by atoms with van der Waals surface area (Å²) in [5, 5.41) is 3.09. The average molecular weight is 373 g/mol. The molecule has 1 unspecified atom stereocenters. The highest BCUT2D eigenvalue weighted by Crippen LogP contribution is 2.24. The number of hydrogen-bond donors (Lipinski definition) is 1. The van der Waals surface area contributed by atoms with Gasteiger partial charge in [-0.2, -0.15) is 0 Å². The van der Waals surface area contributed by atoms with E-state index in [0.717, 1.165) is 41.7 Å². The molecule has 0 aromatic heterocycles. The molecular weight excluding hydrogens is 352 g/mol. The topological polar surface area (TPSA) is 32.3 Å². The van der Waals surface area contributed by atoms with Crippen molar-refractivity contribution in [3.8, 4) is 0 Å². The fraction of sp³-hybridized carbons (Fsp3) is 0.316. The number of hydrogen-bond acceptors (Lipinski definition) is 2. The SMILES string of the molecule is Cc1cc(Br)ccc1NC(=O)C1CCCN1Cc1ccccc1. The maximum atomic E-state index is 12.7. The first-order valence-electron chi connectivity index (χ1n) is 7.98. The number of likely N-dealkylation sites (tertiary alicyclic amines) is 1. The number of anilines is 1. The summed E-state index contributed by atoms with van der Waals surface area (Å²) >= 11 is 3.45. The summed E-state index contributed by atoms with van der Waals surface area (Å²) in [5.74, 6) is 0.101. The zero-order chi connectivity index (χ0) is 16.2. The molecule has 3 nitrogen and oxygen atoms in total. The second kappa shape index (κ2) is 7.28. The number of amides is 1.